The second-order valence-corrected chi connectivity index (χ2v) is 2.56. The van der Waals surface area contributed by atoms with Crippen molar-refractivity contribution in [2.45, 2.75) is 6.42 Å². The van der Waals surface area contributed by atoms with Gasteiger partial charge in [0.05, 0.1) is 0 Å². The summed E-state index contributed by atoms with van der Waals surface area (Å²) >= 11 is 5.54. The number of anilines is 1. The number of benzene rings is 1. The van der Waals surface area contributed by atoms with Crippen LogP contribution in [0.1, 0.15) is 5.56 Å². The van der Waals surface area contributed by atoms with E-state index in [1.807, 2.05) is 24.3 Å². The van der Waals surface area contributed by atoms with E-state index >= 15 is 0 Å². The lowest BCUT2D eigenvalue weighted by Crippen LogP contribution is -1.87. The van der Waals surface area contributed by atoms with Crippen molar-refractivity contribution in [3.63, 3.8) is 0 Å². The third kappa shape index (κ3) is 1.92. The maximum atomic E-state index is 5.54. The molecule has 0 aliphatic carbocycles. The fraction of sp³-hybridized carbons (Fsp3) is 0.250. The average Bonchev–Trinajstić information content (AvgIpc) is 1.95. The molecule has 10 heavy (non-hydrogen) atoms. The first-order chi connectivity index (χ1) is 4.83. The van der Waals surface area contributed by atoms with E-state index in [2.05, 4.69) is 0 Å². The zero-order valence-corrected chi connectivity index (χ0v) is 6.43. The lowest BCUT2D eigenvalue weighted by atomic mass is 10.2. The number of halogens is 1. The molecule has 2 N–H and O–H groups in total. The summed E-state index contributed by atoms with van der Waals surface area (Å²) < 4.78 is 0. The Balaban J connectivity index is 2.69. The predicted molar refractivity (Wildman–Crippen MR) is 45.3 cm³/mol. The molecule has 0 aliphatic heterocycles. The first kappa shape index (κ1) is 7.42. The lowest BCUT2D eigenvalue weighted by Gasteiger charge is -1.96. The van der Waals surface area contributed by atoms with Crippen molar-refractivity contribution >= 4 is 17.3 Å². The van der Waals surface area contributed by atoms with Crippen LogP contribution in [0.4, 0.5) is 5.69 Å². The van der Waals surface area contributed by atoms with Gasteiger partial charge in [0.25, 0.3) is 0 Å². The molecule has 1 nitrogen and oxygen atoms in total. The fourth-order valence-corrected chi connectivity index (χ4v) is 1.01. The van der Waals surface area contributed by atoms with Gasteiger partial charge in [-0.25, -0.2) is 0 Å². The second kappa shape index (κ2) is 3.47. The number of hydrogen-bond acceptors (Lipinski definition) is 1. The highest BCUT2D eigenvalue weighted by molar-refractivity contribution is 6.17. The van der Waals surface area contributed by atoms with Crippen LogP contribution in [0, 0.1) is 0 Å². The zero-order chi connectivity index (χ0) is 7.40. The largest absolute Gasteiger partial charge is 0.399 e. The van der Waals surface area contributed by atoms with E-state index in [1.54, 1.807) is 0 Å². The van der Waals surface area contributed by atoms with E-state index in [1.165, 1.54) is 5.56 Å². The van der Waals surface area contributed by atoms with Crippen molar-refractivity contribution in [1.29, 1.82) is 0 Å². The molecule has 0 atom stereocenters. The normalized spacial score (nSPS) is 9.70. The van der Waals surface area contributed by atoms with Crippen molar-refractivity contribution in [2.75, 3.05) is 11.6 Å². The molecule has 54 valence electrons. The number of hydrogen-bond donors (Lipinski definition) is 1. The Hall–Kier alpha value is -0.690. The second-order valence-electron chi connectivity index (χ2n) is 2.18. The van der Waals surface area contributed by atoms with Crippen molar-refractivity contribution in [1.82, 2.24) is 0 Å². The van der Waals surface area contributed by atoms with Crippen molar-refractivity contribution in [3.8, 4) is 0 Å². The average molecular weight is 156 g/mol. The van der Waals surface area contributed by atoms with Crippen LogP contribution in [0.15, 0.2) is 24.3 Å². The molecular weight excluding hydrogens is 146 g/mol. The smallest absolute Gasteiger partial charge is 0.0314 e. The van der Waals surface area contributed by atoms with E-state index in [0.29, 0.717) is 5.88 Å². The standard InChI is InChI=1S/C8H10ClN/c9-6-5-7-1-3-8(10)4-2-7/h1-4H,5-6,10H2. The minimum atomic E-state index is 0.671. The van der Waals surface area contributed by atoms with Gasteiger partial charge in [0.2, 0.25) is 0 Å². The number of nitrogen functional groups attached to an aromatic ring is 1. The van der Waals surface area contributed by atoms with Gasteiger partial charge in [-0.2, -0.15) is 0 Å². The molecule has 0 radical (unpaired) electrons. The Morgan fingerprint density at radius 3 is 2.30 bits per heavy atom. The van der Waals surface area contributed by atoms with Crippen molar-refractivity contribution in [2.24, 2.45) is 0 Å². The van der Waals surface area contributed by atoms with Crippen LogP contribution in [0.5, 0.6) is 0 Å². The maximum absolute atomic E-state index is 5.54. The van der Waals surface area contributed by atoms with Crippen LogP contribution < -0.4 is 5.73 Å². The lowest BCUT2D eigenvalue weighted by molar-refractivity contribution is 1.15. The zero-order valence-electron chi connectivity index (χ0n) is 5.68. The molecule has 2 heteroatoms. The molecule has 0 unspecified atom stereocenters. The van der Waals surface area contributed by atoms with E-state index in [0.717, 1.165) is 12.1 Å². The van der Waals surface area contributed by atoms with Gasteiger partial charge < -0.3 is 5.73 Å². The molecule has 1 rings (SSSR count). The van der Waals surface area contributed by atoms with Gasteiger partial charge in [-0.1, -0.05) is 12.1 Å². The summed E-state index contributed by atoms with van der Waals surface area (Å²) in [6, 6.07) is 7.78. The van der Waals surface area contributed by atoms with E-state index in [9.17, 15) is 0 Å². The molecule has 1 aromatic rings. The summed E-state index contributed by atoms with van der Waals surface area (Å²) in [7, 11) is 0. The minimum absolute atomic E-state index is 0.671. The summed E-state index contributed by atoms with van der Waals surface area (Å²) in [6.45, 7) is 0. The third-order valence-electron chi connectivity index (χ3n) is 1.36. The molecule has 0 fully saturated rings. The molecule has 0 saturated heterocycles. The number of nitrogens with two attached hydrogens (primary N) is 1. The van der Waals surface area contributed by atoms with Crippen LogP contribution in [0.25, 0.3) is 0 Å². The maximum Gasteiger partial charge on any atom is 0.0314 e. The van der Waals surface area contributed by atoms with Gasteiger partial charge in [-0.15, -0.1) is 11.6 Å². The molecule has 0 heterocycles. The number of aryl methyl sites for hydroxylation is 1. The van der Waals surface area contributed by atoms with Crippen molar-refractivity contribution < 1.29 is 0 Å². The first-order valence-electron chi connectivity index (χ1n) is 3.23. The quantitative estimate of drug-likeness (QED) is 0.514. The Morgan fingerprint density at radius 1 is 1.20 bits per heavy atom. The van der Waals surface area contributed by atoms with E-state index in [-0.39, 0.29) is 0 Å². The summed E-state index contributed by atoms with van der Waals surface area (Å²) in [5, 5.41) is 0. The van der Waals surface area contributed by atoms with Crippen LogP contribution >= 0.6 is 11.6 Å². The van der Waals surface area contributed by atoms with Gasteiger partial charge in [0.1, 0.15) is 0 Å². The van der Waals surface area contributed by atoms with Gasteiger partial charge >= 0.3 is 0 Å². The number of rotatable bonds is 2. The first-order valence-corrected chi connectivity index (χ1v) is 3.77. The summed E-state index contributed by atoms with van der Waals surface area (Å²) in [5.74, 6) is 0.671. The van der Waals surface area contributed by atoms with E-state index < -0.39 is 0 Å². The predicted octanol–water partition coefficient (Wildman–Crippen LogP) is 2.05. The molecule has 1 aromatic carbocycles. The van der Waals surface area contributed by atoms with Gasteiger partial charge in [-0.3, -0.25) is 0 Å². The Bertz CT molecular complexity index is 193. The topological polar surface area (TPSA) is 26.0 Å². The highest BCUT2D eigenvalue weighted by Crippen LogP contribution is 2.06. The molecule has 0 spiro atoms. The van der Waals surface area contributed by atoms with E-state index in [4.69, 9.17) is 17.3 Å². The molecule has 0 saturated carbocycles. The molecule has 0 aromatic heterocycles. The van der Waals surface area contributed by atoms with Crippen molar-refractivity contribution in [3.05, 3.63) is 29.8 Å². The molecule has 0 amide bonds. The summed E-state index contributed by atoms with van der Waals surface area (Å²) in [6.07, 6.45) is 0.918. The molecule has 0 bridgehead atoms. The van der Waals surface area contributed by atoms with Crippen LogP contribution in [0.3, 0.4) is 0 Å². The SMILES string of the molecule is Nc1ccc(CCCl)cc1. The Labute approximate surface area is 65.8 Å². The monoisotopic (exact) mass is 155 g/mol. The summed E-state index contributed by atoms with van der Waals surface area (Å²) in [5.41, 5.74) is 7.53. The Kier molecular flexibility index (Phi) is 2.57. The minimum Gasteiger partial charge on any atom is -0.399 e. The van der Waals surface area contributed by atoms with Gasteiger partial charge in [-0.05, 0) is 24.1 Å². The third-order valence-corrected chi connectivity index (χ3v) is 1.55. The summed E-state index contributed by atoms with van der Waals surface area (Å²) in [4.78, 5) is 0. The highest BCUT2D eigenvalue weighted by Gasteiger charge is 1.89. The van der Waals surface area contributed by atoms with Gasteiger partial charge in [0, 0.05) is 11.6 Å². The fourth-order valence-electron chi connectivity index (χ4n) is 0.793. The number of alkyl halides is 1. The van der Waals surface area contributed by atoms with Crippen LogP contribution in [-0.2, 0) is 6.42 Å². The van der Waals surface area contributed by atoms with Crippen LogP contribution in [0.2, 0.25) is 0 Å². The molecular formula is C8H10ClN. The Morgan fingerprint density at radius 2 is 1.80 bits per heavy atom. The highest BCUT2D eigenvalue weighted by atomic mass is 35.5. The molecule has 0 aliphatic rings. The van der Waals surface area contributed by atoms with Crippen LogP contribution in [-0.4, -0.2) is 5.88 Å². The van der Waals surface area contributed by atoms with Gasteiger partial charge in [0.15, 0.2) is 0 Å².